The molecule has 2 heteroatoms. The Kier molecular flexibility index (Phi) is 4.27. The molecule has 0 unspecified atom stereocenters. The molecule has 1 aromatic heterocycles. The van der Waals surface area contributed by atoms with Crippen LogP contribution in [0.3, 0.4) is 0 Å². The zero-order valence-electron chi connectivity index (χ0n) is 31.9. The van der Waals surface area contributed by atoms with E-state index in [0.717, 1.165) is 27.5 Å². The number of benzene rings is 8. The average Bonchev–Trinajstić information content (AvgIpc) is 3.59. The van der Waals surface area contributed by atoms with Crippen molar-refractivity contribution in [1.82, 2.24) is 9.55 Å². The fraction of sp³-hybridized carbons (Fsp3) is 0. The van der Waals surface area contributed by atoms with Crippen molar-refractivity contribution in [2.24, 2.45) is 0 Å². The number of para-hydroxylation sites is 3. The van der Waals surface area contributed by atoms with Gasteiger partial charge in [-0.2, -0.15) is 0 Å². The summed E-state index contributed by atoms with van der Waals surface area (Å²) >= 11 is 0. The van der Waals surface area contributed by atoms with Gasteiger partial charge in [0.05, 0.1) is 22.0 Å². The molecule has 45 heavy (non-hydrogen) atoms. The van der Waals surface area contributed by atoms with Crippen LogP contribution in [0.2, 0.25) is 0 Å². The van der Waals surface area contributed by atoms with E-state index in [1.54, 1.807) is 0 Å². The highest BCUT2D eigenvalue weighted by molar-refractivity contribution is 6.24. The topological polar surface area (TPSA) is 17.8 Å². The van der Waals surface area contributed by atoms with E-state index in [0.29, 0.717) is 28.1 Å². The Balaban J connectivity index is 1.55. The predicted molar refractivity (Wildman–Crippen MR) is 190 cm³/mol. The molecular weight excluding hydrogens is 544 g/mol. The fourth-order valence-electron chi connectivity index (χ4n) is 6.55. The number of imidazole rings is 1. The molecule has 0 aliphatic rings. The third kappa shape index (κ3) is 4.00. The Labute approximate surface area is 272 Å². The van der Waals surface area contributed by atoms with E-state index >= 15 is 0 Å². The molecule has 2 nitrogen and oxygen atoms in total. The Bertz CT molecular complexity index is 2900. The summed E-state index contributed by atoms with van der Waals surface area (Å²) < 4.78 is 75.3. The van der Waals surface area contributed by atoms with Crippen LogP contribution in [0.25, 0.3) is 82.7 Å². The van der Waals surface area contributed by atoms with Crippen molar-refractivity contribution in [3.8, 4) is 39.3 Å². The van der Waals surface area contributed by atoms with Crippen molar-refractivity contribution >= 4 is 43.4 Å². The fourth-order valence-corrected chi connectivity index (χ4v) is 6.55. The lowest BCUT2D eigenvalue weighted by Gasteiger charge is -2.20. The first-order valence-corrected chi connectivity index (χ1v) is 14.8. The van der Waals surface area contributed by atoms with Crippen LogP contribution >= 0.6 is 0 Å². The minimum absolute atomic E-state index is 0.159. The lowest BCUT2D eigenvalue weighted by molar-refractivity contribution is 1.10. The zero-order valence-corrected chi connectivity index (χ0v) is 23.9. The van der Waals surface area contributed by atoms with Gasteiger partial charge >= 0.3 is 0 Å². The van der Waals surface area contributed by atoms with Crippen molar-refractivity contribution in [2.75, 3.05) is 0 Å². The summed E-state index contributed by atoms with van der Waals surface area (Å²) in [6, 6.07) is 35.3. The Morgan fingerprint density at radius 3 is 1.71 bits per heavy atom. The smallest absolute Gasteiger partial charge is 0.146 e. The van der Waals surface area contributed by atoms with Gasteiger partial charge in [-0.3, -0.25) is 4.57 Å². The van der Waals surface area contributed by atoms with Crippen LogP contribution in [0.5, 0.6) is 0 Å². The van der Waals surface area contributed by atoms with Gasteiger partial charge in [0.1, 0.15) is 5.82 Å². The Morgan fingerprint density at radius 2 is 0.978 bits per heavy atom. The quantitative estimate of drug-likeness (QED) is 0.189. The van der Waals surface area contributed by atoms with Crippen LogP contribution in [-0.2, 0) is 0 Å². The summed E-state index contributed by atoms with van der Waals surface area (Å²) in [6.07, 6.45) is 0. The Morgan fingerprint density at radius 1 is 0.444 bits per heavy atom. The molecule has 0 fully saturated rings. The van der Waals surface area contributed by atoms with E-state index in [2.05, 4.69) is 0 Å². The van der Waals surface area contributed by atoms with Crippen molar-refractivity contribution < 1.29 is 11.0 Å². The van der Waals surface area contributed by atoms with Gasteiger partial charge in [-0.05, 0) is 78.8 Å². The first-order chi connectivity index (χ1) is 25.7. The molecule has 0 N–H and O–H groups in total. The van der Waals surface area contributed by atoms with Crippen molar-refractivity contribution in [2.45, 2.75) is 0 Å². The Hall–Kier alpha value is -5.99. The molecule has 0 bridgehead atoms. The second-order valence-corrected chi connectivity index (χ2v) is 10.9. The first-order valence-electron chi connectivity index (χ1n) is 18.8. The molecule has 9 rings (SSSR count). The van der Waals surface area contributed by atoms with E-state index in [9.17, 15) is 5.48 Å². The van der Waals surface area contributed by atoms with E-state index in [4.69, 9.17) is 10.5 Å². The van der Waals surface area contributed by atoms with Crippen LogP contribution < -0.4 is 0 Å². The van der Waals surface area contributed by atoms with Gasteiger partial charge in [0.2, 0.25) is 0 Å². The summed E-state index contributed by atoms with van der Waals surface area (Å²) in [5.74, 6) is 0.564. The van der Waals surface area contributed by atoms with Crippen LogP contribution in [0, 0.1) is 0 Å². The molecule has 0 radical (unpaired) electrons. The molecule has 0 spiro atoms. The number of nitrogens with zero attached hydrogens (tertiary/aromatic N) is 2. The van der Waals surface area contributed by atoms with Gasteiger partial charge in [0.25, 0.3) is 0 Å². The van der Waals surface area contributed by atoms with Gasteiger partial charge in [-0.15, -0.1) is 0 Å². The van der Waals surface area contributed by atoms with Gasteiger partial charge in [0.15, 0.2) is 0 Å². The van der Waals surface area contributed by atoms with Gasteiger partial charge < -0.3 is 0 Å². The molecule has 1 heterocycles. The van der Waals surface area contributed by atoms with Crippen molar-refractivity contribution in [3.05, 3.63) is 170 Å². The second kappa shape index (κ2) is 10.3. The SMILES string of the molecule is [2H]c1c([2H])c([2H])c2c(-c3cccc4ccccc34)c3c([2H])c([2H])c([2H])c([2H])c3c(-c3ccccc3-c3nc4ccccc4n3-c3ccccc3)c2c1[2H]. The number of rotatable bonds is 4. The largest absolute Gasteiger partial charge is 0.292 e. The summed E-state index contributed by atoms with van der Waals surface area (Å²) in [5, 5.41) is 2.32. The normalized spacial score (nSPS) is 14.0. The monoisotopic (exact) mass is 580 g/mol. The highest BCUT2D eigenvalue weighted by Gasteiger charge is 2.22. The number of fused-ring (bicyclic) bond motifs is 4. The molecule has 0 saturated carbocycles. The molecule has 0 amide bonds. The summed E-state index contributed by atoms with van der Waals surface area (Å²) in [7, 11) is 0. The second-order valence-electron chi connectivity index (χ2n) is 10.9. The standard InChI is InChI=1S/C43H28N2/c1-2-17-30(18-3-1)45-40-28-13-12-27-39(40)44-43(45)38-25-11-10-24-37(38)42-35-22-8-6-20-33(35)41(34-21-7-9-23-36(34)42)32-26-14-16-29-15-4-5-19-31(29)32/h1-28H/i6D,7D,8D,9D,20D,21D,22D,23D. The summed E-state index contributed by atoms with van der Waals surface area (Å²) in [5.41, 5.74) is 4.78. The van der Waals surface area contributed by atoms with Crippen molar-refractivity contribution in [1.29, 1.82) is 0 Å². The highest BCUT2D eigenvalue weighted by Crippen LogP contribution is 2.47. The third-order valence-electron chi connectivity index (χ3n) is 8.45. The van der Waals surface area contributed by atoms with Gasteiger partial charge in [-0.1, -0.05) is 145 Å². The van der Waals surface area contributed by atoms with E-state index < -0.39 is 24.2 Å². The van der Waals surface area contributed by atoms with Crippen LogP contribution in [0.1, 0.15) is 11.0 Å². The summed E-state index contributed by atoms with van der Waals surface area (Å²) in [6.45, 7) is 0. The maximum Gasteiger partial charge on any atom is 0.146 e. The zero-order chi connectivity index (χ0) is 36.7. The first kappa shape index (κ1) is 18.6. The lowest BCUT2D eigenvalue weighted by Crippen LogP contribution is -1.99. The molecule has 0 aliphatic heterocycles. The molecule has 8 aromatic carbocycles. The van der Waals surface area contributed by atoms with Crippen LogP contribution in [0.4, 0.5) is 0 Å². The maximum atomic E-state index is 9.47. The van der Waals surface area contributed by atoms with Gasteiger partial charge in [-0.25, -0.2) is 4.98 Å². The molecular formula is C43H28N2. The predicted octanol–water partition coefficient (Wildman–Crippen LogP) is 11.5. The van der Waals surface area contributed by atoms with Crippen LogP contribution in [0.15, 0.2) is 170 Å². The molecule has 0 aliphatic carbocycles. The molecule has 0 saturated heterocycles. The van der Waals surface area contributed by atoms with Crippen LogP contribution in [-0.4, -0.2) is 9.55 Å². The lowest BCUT2D eigenvalue weighted by atomic mass is 9.83. The van der Waals surface area contributed by atoms with Gasteiger partial charge in [0, 0.05) is 11.3 Å². The minimum atomic E-state index is -0.443. The molecule has 210 valence electrons. The summed E-state index contributed by atoms with van der Waals surface area (Å²) in [4.78, 5) is 5.11. The number of aromatic nitrogens is 2. The highest BCUT2D eigenvalue weighted by atomic mass is 15.1. The minimum Gasteiger partial charge on any atom is -0.292 e. The number of hydrogen-bond acceptors (Lipinski definition) is 1. The molecule has 9 aromatic rings. The third-order valence-corrected chi connectivity index (χ3v) is 8.45. The molecule has 0 atom stereocenters. The number of hydrogen-bond donors (Lipinski definition) is 0. The maximum absolute atomic E-state index is 9.47. The van der Waals surface area contributed by atoms with E-state index in [1.165, 1.54) is 0 Å². The van der Waals surface area contributed by atoms with E-state index in [-0.39, 0.29) is 51.3 Å². The average molecular weight is 581 g/mol. The van der Waals surface area contributed by atoms with Crippen molar-refractivity contribution in [3.63, 3.8) is 0 Å². The van der Waals surface area contributed by atoms with E-state index in [1.807, 2.05) is 126 Å².